The summed E-state index contributed by atoms with van der Waals surface area (Å²) in [6, 6.07) is 147. The Kier molecular flexibility index (Phi) is 17.2. The molecule has 0 fully saturated rings. The van der Waals surface area contributed by atoms with Gasteiger partial charge in [0, 0.05) is 128 Å². The van der Waals surface area contributed by atoms with Crippen LogP contribution in [0.2, 0.25) is 0 Å². The SMILES string of the molecule is c1ccc(-c2nc(-c3ccc4c(ccc5c6sc7ccccc7c6c6ccccc6c45)c3)nc(-c3cccc4oc5ccccc5c34)n2)cc1.c1ccc(-c2nc(-c3ccc4c(ccc5ccc6c(ccc7c8ccccc8oc76)c54)c3)nc3ccccc23)cc1.c1ccc(-c2nc(-c3ccc4c(ccc5ccc6c(ccc7c8ccccc8sc76)c54)c3)nc3ccccc23)cc1. The Morgan fingerprint density at radius 3 is 1.16 bits per heavy atom. The van der Waals surface area contributed by atoms with Crippen LogP contribution in [0.1, 0.15) is 0 Å². The zero-order valence-corrected chi connectivity index (χ0v) is 72.2. The molecule has 7 aromatic heterocycles. The van der Waals surface area contributed by atoms with Gasteiger partial charge in [0.05, 0.1) is 22.4 Å². The van der Waals surface area contributed by atoms with Gasteiger partial charge >= 0.3 is 0 Å². The lowest BCUT2D eigenvalue weighted by atomic mass is 9.93. The molecule has 0 unspecified atom stereocenters. The Hall–Kier alpha value is -17.1. The molecule has 9 nitrogen and oxygen atoms in total. The normalized spacial score (nSPS) is 11.9. The van der Waals surface area contributed by atoms with Crippen molar-refractivity contribution in [2.75, 3.05) is 0 Å². The monoisotopic (exact) mass is 1720 g/mol. The second kappa shape index (κ2) is 30.3. The average Bonchev–Trinajstić information content (AvgIpc) is 1.49. The van der Waals surface area contributed by atoms with Gasteiger partial charge < -0.3 is 8.83 Å². The van der Waals surface area contributed by atoms with Crippen LogP contribution < -0.4 is 0 Å². The Morgan fingerprint density at radius 2 is 0.545 bits per heavy atom. The van der Waals surface area contributed by atoms with Crippen molar-refractivity contribution in [3.63, 3.8) is 0 Å². The fourth-order valence-electron chi connectivity index (χ4n) is 20.3. The molecular weight excluding hydrogens is 1650 g/mol. The highest BCUT2D eigenvalue weighted by molar-refractivity contribution is 7.27. The number of rotatable bonds is 7. The molecule has 0 aliphatic carbocycles. The molecule has 0 N–H and O–H groups in total. The van der Waals surface area contributed by atoms with Crippen LogP contribution in [-0.4, -0.2) is 34.9 Å². The number of fused-ring (bicyclic) bond motifs is 33. The number of benzene rings is 22. The van der Waals surface area contributed by atoms with E-state index >= 15 is 0 Å². The lowest BCUT2D eigenvalue weighted by Crippen LogP contribution is -2.00. The topological polar surface area (TPSA) is 117 Å². The van der Waals surface area contributed by atoms with Crippen LogP contribution in [0.15, 0.2) is 427 Å². The fourth-order valence-corrected chi connectivity index (χ4v) is 22.8. The predicted octanol–water partition coefficient (Wildman–Crippen LogP) is 33.7. The molecule has 0 atom stereocenters. The summed E-state index contributed by atoms with van der Waals surface area (Å²) in [5, 5.41) is 34.0. The minimum atomic E-state index is 0.614. The molecule has 0 aliphatic heterocycles. The van der Waals surface area contributed by atoms with E-state index in [1.165, 1.54) is 121 Å². The van der Waals surface area contributed by atoms with E-state index in [2.05, 4.69) is 315 Å². The van der Waals surface area contributed by atoms with E-state index in [9.17, 15) is 0 Å². The van der Waals surface area contributed by atoms with Crippen molar-refractivity contribution >= 4 is 226 Å². The lowest BCUT2D eigenvalue weighted by molar-refractivity contribution is 0.669. The number of nitrogens with zero attached hydrogens (tertiary/aromatic N) is 7. The molecule has 0 radical (unpaired) electrons. The molecule has 11 heteroatoms. The Labute approximate surface area is 761 Å². The molecule has 612 valence electrons. The quantitative estimate of drug-likeness (QED) is 0.144. The van der Waals surface area contributed by atoms with Gasteiger partial charge in [-0.15, -0.1) is 22.7 Å². The van der Waals surface area contributed by atoms with Gasteiger partial charge in [-0.25, -0.2) is 34.9 Å². The highest BCUT2D eigenvalue weighted by atomic mass is 32.1. The minimum Gasteiger partial charge on any atom is -0.456 e. The van der Waals surface area contributed by atoms with Gasteiger partial charge in [0.15, 0.2) is 29.1 Å². The highest BCUT2D eigenvalue weighted by Crippen LogP contribution is 2.49. The van der Waals surface area contributed by atoms with Crippen LogP contribution >= 0.6 is 22.7 Å². The van der Waals surface area contributed by atoms with Crippen molar-refractivity contribution in [1.29, 1.82) is 0 Å². The van der Waals surface area contributed by atoms with E-state index in [1.54, 1.807) is 0 Å². The number of para-hydroxylation sites is 4. The molecule has 29 aromatic rings. The van der Waals surface area contributed by atoms with Gasteiger partial charge in [-0.1, -0.05) is 346 Å². The molecule has 22 aromatic carbocycles. The molecular formula is C121H69N7O2S2. The second-order valence-corrected chi connectivity index (χ2v) is 36.0. The van der Waals surface area contributed by atoms with Gasteiger partial charge in [-0.2, -0.15) is 0 Å². The van der Waals surface area contributed by atoms with Crippen LogP contribution in [0.5, 0.6) is 0 Å². The van der Waals surface area contributed by atoms with Gasteiger partial charge in [0.25, 0.3) is 0 Å². The summed E-state index contributed by atoms with van der Waals surface area (Å²) >= 11 is 3.77. The van der Waals surface area contributed by atoms with Gasteiger partial charge in [-0.05, 0) is 154 Å². The van der Waals surface area contributed by atoms with Crippen molar-refractivity contribution in [1.82, 2.24) is 34.9 Å². The summed E-state index contributed by atoms with van der Waals surface area (Å²) in [5.74, 6) is 3.35. The maximum atomic E-state index is 6.37. The van der Waals surface area contributed by atoms with Crippen LogP contribution in [0.4, 0.5) is 0 Å². The number of hydrogen-bond acceptors (Lipinski definition) is 11. The summed E-state index contributed by atoms with van der Waals surface area (Å²) in [6.07, 6.45) is 0. The standard InChI is InChI=1S/C45H25N3OS.C38H22N2O.C38H22N2S/c1-2-11-26(12-3-1)43-46-44(48-45(47-43)35-17-10-19-37-40(35)32-15-6-8-18-36(32)49-37)28-22-23-29-27(25-28)21-24-34-39(29)30-13-4-5-14-31(30)41-33-16-7-9-20-38(33)50-42(34)41;2*1-2-8-24(9-3-1)36-32-11-4-6-12-33(32)39-38(40-36)26-17-18-27-25(22-26)15-14-23-16-19-31-29(35(23)27)20-21-30-28-10-5-7-13-34(28)41-37(30)31/h1-25H;2*1-22H. The molecule has 0 amide bonds. The van der Waals surface area contributed by atoms with E-state index in [4.69, 9.17) is 43.7 Å². The summed E-state index contributed by atoms with van der Waals surface area (Å²) < 4.78 is 17.9. The lowest BCUT2D eigenvalue weighted by Gasteiger charge is -2.12. The molecule has 0 bridgehead atoms. The first-order valence-electron chi connectivity index (χ1n) is 44.4. The van der Waals surface area contributed by atoms with Crippen LogP contribution in [-0.2, 0) is 0 Å². The Bertz CT molecular complexity index is 9550. The van der Waals surface area contributed by atoms with E-state index in [0.717, 1.165) is 144 Å². The third-order valence-electron chi connectivity index (χ3n) is 26.4. The molecule has 0 saturated carbocycles. The predicted molar refractivity (Wildman–Crippen MR) is 555 cm³/mol. The Morgan fingerprint density at radius 1 is 0.174 bits per heavy atom. The third-order valence-corrected chi connectivity index (χ3v) is 28.8. The molecule has 7 heterocycles. The van der Waals surface area contributed by atoms with E-state index in [-0.39, 0.29) is 0 Å². The second-order valence-electron chi connectivity index (χ2n) is 33.9. The Balaban J connectivity index is 0.000000102. The first-order valence-corrected chi connectivity index (χ1v) is 46.0. The zero-order chi connectivity index (χ0) is 86.6. The van der Waals surface area contributed by atoms with Crippen molar-refractivity contribution in [3.8, 4) is 79.5 Å². The van der Waals surface area contributed by atoms with Crippen molar-refractivity contribution in [2.24, 2.45) is 0 Å². The average molecular weight is 1720 g/mol. The fraction of sp³-hybridized carbons (Fsp3) is 0. The van der Waals surface area contributed by atoms with E-state index < -0.39 is 0 Å². The van der Waals surface area contributed by atoms with Crippen LogP contribution in [0, 0.1) is 0 Å². The maximum absolute atomic E-state index is 6.37. The van der Waals surface area contributed by atoms with E-state index in [0.29, 0.717) is 17.5 Å². The van der Waals surface area contributed by atoms with Gasteiger partial charge in [0.1, 0.15) is 22.3 Å². The number of thiophene rings is 2. The summed E-state index contributed by atoms with van der Waals surface area (Å²) in [7, 11) is 0. The molecule has 0 saturated heterocycles. The summed E-state index contributed by atoms with van der Waals surface area (Å²) in [6.45, 7) is 0. The maximum Gasteiger partial charge on any atom is 0.164 e. The van der Waals surface area contributed by atoms with Crippen LogP contribution in [0.3, 0.4) is 0 Å². The first kappa shape index (κ1) is 75.1. The van der Waals surface area contributed by atoms with Gasteiger partial charge in [0.2, 0.25) is 0 Å². The number of hydrogen-bond donors (Lipinski definition) is 0. The third kappa shape index (κ3) is 12.2. The number of furan rings is 2. The summed E-state index contributed by atoms with van der Waals surface area (Å²) in [4.78, 5) is 35.5. The molecule has 29 rings (SSSR count). The van der Waals surface area contributed by atoms with Crippen LogP contribution in [0.25, 0.3) is 282 Å². The minimum absolute atomic E-state index is 0.614. The van der Waals surface area contributed by atoms with Crippen molar-refractivity contribution in [3.05, 3.63) is 419 Å². The molecule has 0 aliphatic rings. The van der Waals surface area contributed by atoms with E-state index in [1.807, 2.05) is 126 Å². The first-order chi connectivity index (χ1) is 65.4. The zero-order valence-electron chi connectivity index (χ0n) is 70.6. The van der Waals surface area contributed by atoms with Crippen molar-refractivity contribution < 1.29 is 8.83 Å². The smallest absolute Gasteiger partial charge is 0.164 e. The molecule has 0 spiro atoms. The number of aromatic nitrogens is 7. The highest BCUT2D eigenvalue weighted by Gasteiger charge is 2.24. The summed E-state index contributed by atoms with van der Waals surface area (Å²) in [5.41, 5.74) is 14.3. The van der Waals surface area contributed by atoms with Gasteiger partial charge in [-0.3, -0.25) is 0 Å². The molecule has 132 heavy (non-hydrogen) atoms. The largest absolute Gasteiger partial charge is 0.456 e. The van der Waals surface area contributed by atoms with Crippen molar-refractivity contribution in [2.45, 2.75) is 0 Å².